The van der Waals surface area contributed by atoms with Gasteiger partial charge < -0.3 is 15.4 Å². The van der Waals surface area contributed by atoms with Crippen molar-refractivity contribution in [3.63, 3.8) is 0 Å². The van der Waals surface area contributed by atoms with E-state index in [1.54, 1.807) is 4.90 Å². The second-order valence-corrected chi connectivity index (χ2v) is 4.28. The Bertz CT molecular complexity index is 424. The monoisotopic (exact) mass is 236 g/mol. The predicted octanol–water partition coefficient (Wildman–Crippen LogP) is 0.308. The van der Waals surface area contributed by atoms with Crippen LogP contribution in [-0.4, -0.2) is 46.1 Å². The van der Waals surface area contributed by atoms with Gasteiger partial charge in [0.25, 0.3) is 5.91 Å². The van der Waals surface area contributed by atoms with Crippen LogP contribution in [0.5, 0.6) is 0 Å². The molecule has 6 heteroatoms. The minimum absolute atomic E-state index is 0.0435. The first-order valence-corrected chi connectivity index (χ1v) is 5.58. The summed E-state index contributed by atoms with van der Waals surface area (Å²) >= 11 is 0. The van der Waals surface area contributed by atoms with Crippen LogP contribution >= 0.6 is 0 Å². The highest BCUT2D eigenvalue weighted by Crippen LogP contribution is 2.14. The van der Waals surface area contributed by atoms with Crippen LogP contribution < -0.4 is 5.73 Å². The van der Waals surface area contributed by atoms with Crippen LogP contribution in [0.4, 0.5) is 5.82 Å². The van der Waals surface area contributed by atoms with E-state index in [1.165, 1.54) is 12.4 Å². The minimum Gasteiger partial charge on any atom is -0.382 e. The topological polar surface area (TPSA) is 81.3 Å². The van der Waals surface area contributed by atoms with Gasteiger partial charge in [-0.3, -0.25) is 9.78 Å². The van der Waals surface area contributed by atoms with Crippen molar-refractivity contribution in [3.8, 4) is 0 Å². The summed E-state index contributed by atoms with van der Waals surface area (Å²) in [5.74, 6) is 0.109. The zero-order chi connectivity index (χ0) is 12.4. The lowest BCUT2D eigenvalue weighted by atomic mass is 10.2. The highest BCUT2D eigenvalue weighted by Gasteiger charge is 2.29. The van der Waals surface area contributed by atoms with Gasteiger partial charge in [0.2, 0.25) is 0 Å². The number of aromatic nitrogens is 2. The van der Waals surface area contributed by atoms with E-state index >= 15 is 0 Å². The zero-order valence-electron chi connectivity index (χ0n) is 9.96. The van der Waals surface area contributed by atoms with Gasteiger partial charge in [0.1, 0.15) is 11.5 Å². The fourth-order valence-corrected chi connectivity index (χ4v) is 1.82. The Morgan fingerprint density at radius 2 is 2.29 bits per heavy atom. The molecule has 1 aromatic heterocycles. The summed E-state index contributed by atoms with van der Waals surface area (Å²) in [5.41, 5.74) is 5.80. The zero-order valence-corrected chi connectivity index (χ0v) is 9.96. The molecule has 0 bridgehead atoms. The fourth-order valence-electron chi connectivity index (χ4n) is 1.82. The number of hydrogen-bond acceptors (Lipinski definition) is 5. The standard InChI is InChI=1S/C11H16N4O2/c1-7-6-17-8(2)5-15(7)11(16)9-3-13-4-10(12)14-9/h3-4,7-8H,5-6H2,1-2H3,(H2,12,14). The molecule has 1 aliphatic rings. The molecular formula is C11H16N4O2. The van der Waals surface area contributed by atoms with Gasteiger partial charge in [-0.25, -0.2) is 4.98 Å². The molecule has 2 heterocycles. The van der Waals surface area contributed by atoms with E-state index in [0.717, 1.165) is 0 Å². The lowest BCUT2D eigenvalue weighted by Crippen LogP contribution is -2.50. The molecule has 1 aliphatic heterocycles. The molecule has 6 nitrogen and oxygen atoms in total. The number of nitrogens with two attached hydrogens (primary N) is 1. The maximum Gasteiger partial charge on any atom is 0.274 e. The SMILES string of the molecule is CC1CN(C(=O)c2cncc(N)n2)C(C)CO1. The van der Waals surface area contributed by atoms with Crippen LogP contribution in [0.1, 0.15) is 24.3 Å². The number of amides is 1. The van der Waals surface area contributed by atoms with Crippen LogP contribution in [0, 0.1) is 0 Å². The Labute approximate surface area is 99.8 Å². The van der Waals surface area contributed by atoms with Crippen molar-refractivity contribution in [3.05, 3.63) is 18.1 Å². The number of nitrogen functional groups attached to an aromatic ring is 1. The Morgan fingerprint density at radius 1 is 1.53 bits per heavy atom. The summed E-state index contributed by atoms with van der Waals surface area (Å²) in [6.45, 7) is 5.00. The molecule has 0 saturated carbocycles. The van der Waals surface area contributed by atoms with Crippen molar-refractivity contribution in [2.45, 2.75) is 26.0 Å². The minimum atomic E-state index is -0.146. The van der Waals surface area contributed by atoms with Gasteiger partial charge in [-0.05, 0) is 13.8 Å². The van der Waals surface area contributed by atoms with E-state index in [0.29, 0.717) is 13.2 Å². The number of carbonyl (C=O) groups excluding carboxylic acids is 1. The number of morpholine rings is 1. The molecule has 2 unspecified atom stereocenters. The molecule has 92 valence electrons. The van der Waals surface area contributed by atoms with Gasteiger partial charge >= 0.3 is 0 Å². The molecule has 2 atom stereocenters. The molecule has 2 rings (SSSR count). The second kappa shape index (κ2) is 4.67. The van der Waals surface area contributed by atoms with Crippen LogP contribution in [0.25, 0.3) is 0 Å². The number of ether oxygens (including phenoxy) is 1. The molecule has 1 fully saturated rings. The third-order valence-electron chi connectivity index (χ3n) is 2.74. The molecular weight excluding hydrogens is 220 g/mol. The van der Waals surface area contributed by atoms with Crippen LogP contribution in [0.3, 0.4) is 0 Å². The maximum atomic E-state index is 12.2. The average Bonchev–Trinajstić information content (AvgIpc) is 2.31. The van der Waals surface area contributed by atoms with Crippen LogP contribution in [0.15, 0.2) is 12.4 Å². The molecule has 1 saturated heterocycles. The van der Waals surface area contributed by atoms with Crippen molar-refractivity contribution >= 4 is 11.7 Å². The first-order chi connectivity index (χ1) is 8.08. The molecule has 0 spiro atoms. The van der Waals surface area contributed by atoms with Crippen molar-refractivity contribution in [2.24, 2.45) is 0 Å². The Morgan fingerprint density at radius 3 is 3.00 bits per heavy atom. The third kappa shape index (κ3) is 2.52. The van der Waals surface area contributed by atoms with Crippen molar-refractivity contribution in [2.75, 3.05) is 18.9 Å². The molecule has 0 aliphatic carbocycles. The highest BCUT2D eigenvalue weighted by atomic mass is 16.5. The van der Waals surface area contributed by atoms with E-state index in [4.69, 9.17) is 10.5 Å². The van der Waals surface area contributed by atoms with E-state index in [2.05, 4.69) is 9.97 Å². The lowest BCUT2D eigenvalue weighted by Gasteiger charge is -2.36. The van der Waals surface area contributed by atoms with Gasteiger partial charge in [0.05, 0.1) is 31.1 Å². The molecule has 0 aromatic carbocycles. The summed E-state index contributed by atoms with van der Waals surface area (Å²) in [6, 6.07) is 0.0435. The first-order valence-electron chi connectivity index (χ1n) is 5.58. The number of rotatable bonds is 1. The number of hydrogen-bond donors (Lipinski definition) is 1. The first kappa shape index (κ1) is 11.8. The molecule has 2 N–H and O–H groups in total. The summed E-state index contributed by atoms with van der Waals surface area (Å²) in [6.07, 6.45) is 2.90. The van der Waals surface area contributed by atoms with Crippen molar-refractivity contribution in [1.82, 2.24) is 14.9 Å². The maximum absolute atomic E-state index is 12.2. The van der Waals surface area contributed by atoms with Crippen molar-refractivity contribution < 1.29 is 9.53 Å². The van der Waals surface area contributed by atoms with Gasteiger partial charge in [-0.1, -0.05) is 0 Å². The Kier molecular flexibility index (Phi) is 3.23. The second-order valence-electron chi connectivity index (χ2n) is 4.28. The third-order valence-corrected chi connectivity index (χ3v) is 2.74. The van der Waals surface area contributed by atoms with Gasteiger partial charge in [0.15, 0.2) is 0 Å². The number of nitrogens with zero attached hydrogens (tertiary/aromatic N) is 3. The largest absolute Gasteiger partial charge is 0.382 e. The van der Waals surface area contributed by atoms with Gasteiger partial charge in [0, 0.05) is 6.54 Å². The fraction of sp³-hybridized carbons (Fsp3) is 0.545. The van der Waals surface area contributed by atoms with Crippen LogP contribution in [-0.2, 0) is 4.74 Å². The molecule has 1 amide bonds. The summed E-state index contributed by atoms with van der Waals surface area (Å²) < 4.78 is 5.48. The number of carbonyl (C=O) groups is 1. The quantitative estimate of drug-likeness (QED) is 0.758. The van der Waals surface area contributed by atoms with Gasteiger partial charge in [-0.2, -0.15) is 0 Å². The summed E-state index contributed by atoms with van der Waals surface area (Å²) in [4.78, 5) is 21.8. The van der Waals surface area contributed by atoms with E-state index < -0.39 is 0 Å². The normalized spacial score (nSPS) is 24.7. The molecule has 1 aromatic rings. The summed E-state index contributed by atoms with van der Waals surface area (Å²) in [5, 5.41) is 0. The highest BCUT2D eigenvalue weighted by molar-refractivity contribution is 5.92. The molecule has 0 radical (unpaired) electrons. The lowest BCUT2D eigenvalue weighted by molar-refractivity contribution is -0.0389. The Hall–Kier alpha value is -1.69. The Balaban J connectivity index is 2.18. The van der Waals surface area contributed by atoms with E-state index in [1.807, 2.05) is 13.8 Å². The smallest absolute Gasteiger partial charge is 0.274 e. The molecule has 17 heavy (non-hydrogen) atoms. The van der Waals surface area contributed by atoms with E-state index in [9.17, 15) is 4.79 Å². The van der Waals surface area contributed by atoms with Crippen LogP contribution in [0.2, 0.25) is 0 Å². The van der Waals surface area contributed by atoms with E-state index in [-0.39, 0.29) is 29.6 Å². The predicted molar refractivity (Wildman–Crippen MR) is 62.4 cm³/mol. The average molecular weight is 236 g/mol. The summed E-state index contributed by atoms with van der Waals surface area (Å²) in [7, 11) is 0. The number of anilines is 1. The van der Waals surface area contributed by atoms with Gasteiger partial charge in [-0.15, -0.1) is 0 Å². The van der Waals surface area contributed by atoms with Crippen molar-refractivity contribution in [1.29, 1.82) is 0 Å².